The Morgan fingerprint density at radius 2 is 1.79 bits per heavy atom. The van der Waals surface area contributed by atoms with Crippen LogP contribution in [0.15, 0.2) is 60.4 Å². The summed E-state index contributed by atoms with van der Waals surface area (Å²) in [6, 6.07) is 8.68. The van der Waals surface area contributed by atoms with Gasteiger partial charge < -0.3 is 9.64 Å². The molecule has 0 saturated heterocycles. The van der Waals surface area contributed by atoms with Gasteiger partial charge >= 0.3 is 5.97 Å². The van der Waals surface area contributed by atoms with E-state index in [4.69, 9.17) is 10.1 Å². The van der Waals surface area contributed by atoms with Crippen LogP contribution in [0.3, 0.4) is 0 Å². The van der Waals surface area contributed by atoms with Crippen LogP contribution in [-0.2, 0) is 9.53 Å². The molecule has 0 saturated carbocycles. The number of rotatable bonds is 7. The number of ketones is 1. The lowest BCUT2D eigenvalue weighted by molar-refractivity contribution is -0.576. The third-order valence-electron chi connectivity index (χ3n) is 3.86. The number of nitrogens with zero attached hydrogens (tertiary/aromatic N) is 2. The van der Waals surface area contributed by atoms with Crippen LogP contribution in [0.4, 0.5) is 10.1 Å². The number of benzene rings is 1. The van der Waals surface area contributed by atoms with Gasteiger partial charge in [-0.05, 0) is 37.1 Å². The number of esters is 1. The molecule has 0 aliphatic rings. The van der Waals surface area contributed by atoms with E-state index in [9.17, 15) is 14.0 Å². The monoisotopic (exact) mass is 382 g/mol. The van der Waals surface area contributed by atoms with Gasteiger partial charge in [-0.3, -0.25) is 10.2 Å². The molecule has 2 aromatic rings. The van der Waals surface area contributed by atoms with E-state index >= 15 is 0 Å². The van der Waals surface area contributed by atoms with Crippen molar-refractivity contribution in [3.63, 3.8) is 0 Å². The van der Waals surface area contributed by atoms with E-state index in [1.807, 2.05) is 24.9 Å². The van der Waals surface area contributed by atoms with Crippen molar-refractivity contribution in [1.29, 1.82) is 5.41 Å². The van der Waals surface area contributed by atoms with Gasteiger partial charge in [-0.25, -0.2) is 9.18 Å². The summed E-state index contributed by atoms with van der Waals surface area (Å²) < 4.78 is 19.6. The number of carbonyl (C=O) groups is 2. The number of hydrogen-bond acceptors (Lipinski definition) is 5. The Morgan fingerprint density at radius 1 is 1.18 bits per heavy atom. The first-order chi connectivity index (χ1) is 13.4. The molecule has 0 radical (unpaired) electrons. The molecule has 7 heteroatoms. The van der Waals surface area contributed by atoms with Crippen LogP contribution in [0.5, 0.6) is 0 Å². The zero-order valence-electron chi connectivity index (χ0n) is 15.9. The van der Waals surface area contributed by atoms with Gasteiger partial charge in [0, 0.05) is 43.6 Å². The van der Waals surface area contributed by atoms with Gasteiger partial charge in [-0.1, -0.05) is 0 Å². The minimum atomic E-state index is -0.757. The number of Topliss-reactive ketones (excluding diaryl/α,β-unsaturated/α-hetero) is 1. The molecule has 28 heavy (non-hydrogen) atoms. The first-order valence-electron chi connectivity index (χ1n) is 8.55. The lowest BCUT2D eigenvalue weighted by Crippen LogP contribution is -2.36. The van der Waals surface area contributed by atoms with Crippen LogP contribution in [0, 0.1) is 11.2 Å². The molecule has 144 valence electrons. The predicted octanol–water partition coefficient (Wildman–Crippen LogP) is 2.64. The summed E-state index contributed by atoms with van der Waals surface area (Å²) in [6.45, 7) is 1.77. The number of nitrogens with one attached hydrogen (secondary N) is 1. The average molecular weight is 382 g/mol. The highest BCUT2D eigenvalue weighted by molar-refractivity contribution is 6.23. The van der Waals surface area contributed by atoms with Crippen molar-refractivity contribution < 1.29 is 23.3 Å². The number of allylic oxidation sites excluding steroid dienone is 1. The van der Waals surface area contributed by atoms with Crippen molar-refractivity contribution in [2.45, 2.75) is 6.92 Å². The van der Waals surface area contributed by atoms with Gasteiger partial charge in [0.2, 0.25) is 0 Å². The van der Waals surface area contributed by atoms with E-state index in [1.165, 1.54) is 34.9 Å². The lowest BCUT2D eigenvalue weighted by Gasteiger charge is -2.11. The summed E-state index contributed by atoms with van der Waals surface area (Å²) in [5.74, 6) is 0.351. The summed E-state index contributed by atoms with van der Waals surface area (Å²) in [6.07, 6.45) is 4.57. The fraction of sp³-hybridized carbons (Fsp3) is 0.190. The average Bonchev–Trinajstić information content (AvgIpc) is 2.69. The van der Waals surface area contributed by atoms with Crippen molar-refractivity contribution in [1.82, 2.24) is 0 Å². The molecule has 0 bridgehead atoms. The molecule has 1 aromatic carbocycles. The molecule has 0 amide bonds. The zero-order valence-corrected chi connectivity index (χ0v) is 15.9. The Balaban J connectivity index is 2.55. The number of carbonyl (C=O) groups excluding carboxylic acids is 2. The number of anilines is 1. The molecule has 0 unspecified atom stereocenters. The fourth-order valence-electron chi connectivity index (χ4n) is 2.38. The van der Waals surface area contributed by atoms with Crippen molar-refractivity contribution in [3.05, 3.63) is 71.8 Å². The Labute approximate surface area is 162 Å². The second-order valence-electron chi connectivity index (χ2n) is 5.98. The van der Waals surface area contributed by atoms with E-state index in [-0.39, 0.29) is 23.4 Å². The summed E-state index contributed by atoms with van der Waals surface area (Å²) in [5.41, 5.74) is 1.05. The molecule has 0 aliphatic heterocycles. The quantitative estimate of drug-likeness (QED) is 0.200. The molecule has 1 heterocycles. The maximum absolute atomic E-state index is 13.2. The van der Waals surface area contributed by atoms with Crippen molar-refractivity contribution in [3.8, 4) is 0 Å². The Kier molecular flexibility index (Phi) is 6.96. The largest absolute Gasteiger partial charge is 0.462 e. The standard InChI is InChI=1S/C21H21FN3O3/c1-4-28-21(27)16(14-23)13-19(20(26)15-5-7-17(22)8-6-15)25-11-9-18(10-12-25)24(2)3/h5-13,23H,4H2,1-3H3/q+1. The van der Waals surface area contributed by atoms with E-state index in [0.29, 0.717) is 0 Å². The maximum atomic E-state index is 13.2. The van der Waals surface area contributed by atoms with Crippen LogP contribution in [0.2, 0.25) is 0 Å². The first-order valence-corrected chi connectivity index (χ1v) is 8.55. The molecule has 0 fully saturated rings. The molecule has 2 rings (SSSR count). The number of pyridine rings is 1. The van der Waals surface area contributed by atoms with Gasteiger partial charge in [-0.2, -0.15) is 4.57 Å². The number of aromatic nitrogens is 1. The Morgan fingerprint density at radius 3 is 2.29 bits per heavy atom. The maximum Gasteiger partial charge on any atom is 0.347 e. The molecular formula is C21H21FN3O3+. The first kappa shape index (κ1) is 20.7. The molecule has 0 aliphatic carbocycles. The molecule has 0 spiro atoms. The Hall–Kier alpha value is -3.57. The SMILES string of the molecule is CCOC(=O)C(=C=N)C=C(C(=O)c1ccc(F)cc1)[n+]1ccc(N(C)C)cc1. The highest BCUT2D eigenvalue weighted by Gasteiger charge is 2.24. The second-order valence-corrected chi connectivity index (χ2v) is 5.98. The molecule has 6 nitrogen and oxygen atoms in total. The molecule has 1 aromatic heterocycles. The zero-order chi connectivity index (χ0) is 20.7. The number of hydrogen-bond donors (Lipinski definition) is 1. The van der Waals surface area contributed by atoms with Crippen LogP contribution in [0.1, 0.15) is 17.3 Å². The van der Waals surface area contributed by atoms with Gasteiger partial charge in [0.15, 0.2) is 12.4 Å². The second kappa shape index (κ2) is 9.39. The highest BCUT2D eigenvalue weighted by Crippen LogP contribution is 2.14. The minimum absolute atomic E-state index is 0.0970. The van der Waals surface area contributed by atoms with Crippen molar-refractivity contribution >= 4 is 29.0 Å². The summed E-state index contributed by atoms with van der Waals surface area (Å²) in [4.78, 5) is 27.0. The summed E-state index contributed by atoms with van der Waals surface area (Å²) in [5, 5.41) is 7.38. The normalized spacial score (nSPS) is 10.8. The van der Waals surface area contributed by atoms with Crippen molar-refractivity contribution in [2.24, 2.45) is 0 Å². The lowest BCUT2D eigenvalue weighted by atomic mass is 10.1. The third-order valence-corrected chi connectivity index (χ3v) is 3.86. The van der Waals surface area contributed by atoms with Gasteiger partial charge in [0.1, 0.15) is 11.4 Å². The van der Waals surface area contributed by atoms with Crippen LogP contribution in [-0.4, -0.2) is 38.3 Å². The third kappa shape index (κ3) is 4.99. The number of halogens is 1. The van der Waals surface area contributed by atoms with Gasteiger partial charge in [0.25, 0.3) is 11.5 Å². The van der Waals surface area contributed by atoms with Crippen molar-refractivity contribution in [2.75, 3.05) is 25.6 Å². The van der Waals surface area contributed by atoms with Crippen LogP contribution in [0.25, 0.3) is 5.70 Å². The fourth-order valence-corrected chi connectivity index (χ4v) is 2.38. The molecule has 0 atom stereocenters. The van der Waals surface area contributed by atoms with E-state index in [1.54, 1.807) is 31.5 Å². The highest BCUT2D eigenvalue weighted by atomic mass is 19.1. The summed E-state index contributed by atoms with van der Waals surface area (Å²) >= 11 is 0. The molecular weight excluding hydrogens is 361 g/mol. The van der Waals surface area contributed by atoms with Crippen LogP contribution < -0.4 is 9.47 Å². The smallest absolute Gasteiger partial charge is 0.347 e. The van der Waals surface area contributed by atoms with E-state index in [0.717, 1.165) is 5.69 Å². The topological polar surface area (TPSA) is 74.3 Å². The van der Waals surface area contributed by atoms with E-state index < -0.39 is 17.6 Å². The van der Waals surface area contributed by atoms with Gasteiger partial charge in [0.05, 0.1) is 6.61 Å². The number of ether oxygens (including phenoxy) is 1. The van der Waals surface area contributed by atoms with Crippen LogP contribution >= 0.6 is 0 Å². The molecule has 1 N–H and O–H groups in total. The minimum Gasteiger partial charge on any atom is -0.462 e. The van der Waals surface area contributed by atoms with Gasteiger partial charge in [-0.15, -0.1) is 0 Å². The Bertz CT molecular complexity index is 942. The predicted molar refractivity (Wildman–Crippen MR) is 104 cm³/mol. The van der Waals surface area contributed by atoms with E-state index in [2.05, 4.69) is 0 Å². The summed E-state index contributed by atoms with van der Waals surface area (Å²) in [7, 11) is 3.77.